The van der Waals surface area contributed by atoms with E-state index in [1.165, 1.54) is 24.0 Å². The number of hydrogen-bond donors (Lipinski definition) is 1. The van der Waals surface area contributed by atoms with Crippen LogP contribution in [0.3, 0.4) is 0 Å². The van der Waals surface area contributed by atoms with Gasteiger partial charge in [0, 0.05) is 0 Å². The summed E-state index contributed by atoms with van der Waals surface area (Å²) in [6.45, 7) is 4.31. The molecule has 0 heterocycles. The van der Waals surface area contributed by atoms with Crippen molar-refractivity contribution in [2.45, 2.75) is 33.1 Å². The topological polar surface area (TPSA) is 20.2 Å². The number of phenols is 1. The molecule has 0 aliphatic heterocycles. The molecule has 0 aromatic heterocycles. The highest BCUT2D eigenvalue weighted by molar-refractivity contribution is 5.63. The highest BCUT2D eigenvalue weighted by Gasteiger charge is 1.94. The fourth-order valence-corrected chi connectivity index (χ4v) is 1.36. The van der Waals surface area contributed by atoms with Gasteiger partial charge in [-0.05, 0) is 36.6 Å². The maximum absolute atomic E-state index is 9.13. The minimum atomic E-state index is 0.329. The Morgan fingerprint density at radius 3 is 2.50 bits per heavy atom. The molecule has 1 rings (SSSR count). The molecule has 1 aromatic carbocycles. The van der Waals surface area contributed by atoms with Crippen LogP contribution >= 0.6 is 0 Å². The van der Waals surface area contributed by atoms with Crippen LogP contribution in [-0.4, -0.2) is 5.11 Å². The number of rotatable bonds is 4. The lowest BCUT2D eigenvalue weighted by Crippen LogP contribution is -1.79. The van der Waals surface area contributed by atoms with Crippen LogP contribution in [0.1, 0.15) is 38.7 Å². The maximum Gasteiger partial charge on any atom is 0.115 e. The van der Waals surface area contributed by atoms with Crippen molar-refractivity contribution in [2.24, 2.45) is 0 Å². The normalized spacial score (nSPS) is 11.7. The van der Waals surface area contributed by atoms with Crippen LogP contribution in [0.4, 0.5) is 0 Å². The Hall–Kier alpha value is -1.24. The van der Waals surface area contributed by atoms with Gasteiger partial charge in [-0.2, -0.15) is 0 Å². The van der Waals surface area contributed by atoms with Crippen molar-refractivity contribution in [1.29, 1.82) is 0 Å². The van der Waals surface area contributed by atoms with E-state index in [4.69, 9.17) is 5.11 Å². The van der Waals surface area contributed by atoms with E-state index >= 15 is 0 Å². The van der Waals surface area contributed by atoms with E-state index < -0.39 is 0 Å². The number of unbranched alkanes of at least 4 members (excludes halogenated alkanes) is 2. The van der Waals surface area contributed by atoms with E-state index in [1.807, 2.05) is 12.1 Å². The molecule has 1 heteroatoms. The predicted molar refractivity (Wildman–Crippen MR) is 61.3 cm³/mol. The molecular weight excluding hydrogens is 172 g/mol. The van der Waals surface area contributed by atoms with Crippen molar-refractivity contribution in [2.75, 3.05) is 0 Å². The summed E-state index contributed by atoms with van der Waals surface area (Å²) < 4.78 is 0. The molecule has 1 N–H and O–H groups in total. The Balaban J connectivity index is 2.64. The number of hydrogen-bond acceptors (Lipinski definition) is 1. The lowest BCUT2D eigenvalue weighted by molar-refractivity contribution is 0.475. The molecule has 76 valence electrons. The van der Waals surface area contributed by atoms with Gasteiger partial charge in [0.15, 0.2) is 0 Å². The molecule has 0 bridgehead atoms. The van der Waals surface area contributed by atoms with E-state index in [-0.39, 0.29) is 0 Å². The molecule has 0 aliphatic rings. The first kappa shape index (κ1) is 10.8. The summed E-state index contributed by atoms with van der Waals surface area (Å²) >= 11 is 0. The highest BCUT2D eigenvalue weighted by atomic mass is 16.3. The van der Waals surface area contributed by atoms with Crippen LogP contribution in [-0.2, 0) is 0 Å². The molecule has 0 saturated carbocycles. The zero-order valence-electron chi connectivity index (χ0n) is 8.96. The van der Waals surface area contributed by atoms with Gasteiger partial charge >= 0.3 is 0 Å². The molecular formula is C13H18O. The predicted octanol–water partition coefficient (Wildman–Crippen LogP) is 3.99. The lowest BCUT2D eigenvalue weighted by atomic mass is 10.1. The van der Waals surface area contributed by atoms with Crippen LogP contribution in [0.25, 0.3) is 5.57 Å². The van der Waals surface area contributed by atoms with E-state index in [0.29, 0.717) is 5.75 Å². The van der Waals surface area contributed by atoms with Gasteiger partial charge in [-0.3, -0.25) is 0 Å². The monoisotopic (exact) mass is 190 g/mol. The quantitative estimate of drug-likeness (QED) is 0.712. The standard InChI is InChI=1S/C13H18O/c1-3-4-5-6-11(2)12-7-9-13(14)10-8-12/h6-10,14H,3-5H2,1-2H3/b11-6-. The second-order valence-electron chi connectivity index (χ2n) is 3.58. The first-order valence-corrected chi connectivity index (χ1v) is 5.20. The van der Waals surface area contributed by atoms with Crippen molar-refractivity contribution in [3.05, 3.63) is 35.9 Å². The summed E-state index contributed by atoms with van der Waals surface area (Å²) in [4.78, 5) is 0. The third-order valence-electron chi connectivity index (χ3n) is 2.33. The van der Waals surface area contributed by atoms with Crippen LogP contribution in [0.15, 0.2) is 30.3 Å². The first-order chi connectivity index (χ1) is 6.74. The van der Waals surface area contributed by atoms with Crippen LogP contribution < -0.4 is 0 Å². The van der Waals surface area contributed by atoms with E-state index in [0.717, 1.165) is 6.42 Å². The van der Waals surface area contributed by atoms with Gasteiger partial charge in [0.25, 0.3) is 0 Å². The molecule has 1 aromatic rings. The number of benzene rings is 1. The average Bonchev–Trinajstić information content (AvgIpc) is 2.19. The van der Waals surface area contributed by atoms with Crippen molar-refractivity contribution >= 4 is 5.57 Å². The number of aromatic hydroxyl groups is 1. The zero-order valence-corrected chi connectivity index (χ0v) is 8.96. The van der Waals surface area contributed by atoms with Gasteiger partial charge in [-0.25, -0.2) is 0 Å². The Bertz CT molecular complexity index is 296. The fourth-order valence-electron chi connectivity index (χ4n) is 1.36. The molecule has 0 radical (unpaired) electrons. The second kappa shape index (κ2) is 5.48. The molecule has 0 spiro atoms. The van der Waals surface area contributed by atoms with E-state index in [9.17, 15) is 0 Å². The Morgan fingerprint density at radius 1 is 1.29 bits per heavy atom. The van der Waals surface area contributed by atoms with Gasteiger partial charge in [-0.1, -0.05) is 38.0 Å². The van der Waals surface area contributed by atoms with Crippen molar-refractivity contribution < 1.29 is 5.11 Å². The van der Waals surface area contributed by atoms with Crippen LogP contribution in [0.5, 0.6) is 5.75 Å². The average molecular weight is 190 g/mol. The largest absolute Gasteiger partial charge is 0.508 e. The summed E-state index contributed by atoms with van der Waals surface area (Å²) in [5, 5.41) is 9.13. The van der Waals surface area contributed by atoms with Gasteiger partial charge in [0.2, 0.25) is 0 Å². The van der Waals surface area contributed by atoms with Crippen LogP contribution in [0.2, 0.25) is 0 Å². The molecule has 0 atom stereocenters. The number of phenolic OH excluding ortho intramolecular Hbond substituents is 1. The van der Waals surface area contributed by atoms with E-state index in [1.54, 1.807) is 12.1 Å². The fraction of sp³-hybridized carbons (Fsp3) is 0.385. The Morgan fingerprint density at radius 2 is 1.93 bits per heavy atom. The Labute approximate surface area is 86.1 Å². The molecule has 14 heavy (non-hydrogen) atoms. The smallest absolute Gasteiger partial charge is 0.115 e. The van der Waals surface area contributed by atoms with Crippen molar-refractivity contribution in [3.8, 4) is 5.75 Å². The third kappa shape index (κ3) is 3.25. The third-order valence-corrected chi connectivity index (χ3v) is 2.33. The molecule has 0 fully saturated rings. The molecule has 1 nitrogen and oxygen atoms in total. The Kier molecular flexibility index (Phi) is 4.24. The van der Waals surface area contributed by atoms with Crippen molar-refractivity contribution in [1.82, 2.24) is 0 Å². The van der Waals surface area contributed by atoms with Gasteiger partial charge in [-0.15, -0.1) is 0 Å². The summed E-state index contributed by atoms with van der Waals surface area (Å²) in [7, 11) is 0. The minimum Gasteiger partial charge on any atom is -0.508 e. The highest BCUT2D eigenvalue weighted by Crippen LogP contribution is 2.18. The first-order valence-electron chi connectivity index (χ1n) is 5.20. The summed E-state index contributed by atoms with van der Waals surface area (Å²) in [5.74, 6) is 0.329. The zero-order chi connectivity index (χ0) is 10.4. The molecule has 0 aliphatic carbocycles. The summed E-state index contributed by atoms with van der Waals surface area (Å²) in [6.07, 6.45) is 5.88. The van der Waals surface area contributed by atoms with Crippen molar-refractivity contribution in [3.63, 3.8) is 0 Å². The van der Waals surface area contributed by atoms with E-state index in [2.05, 4.69) is 19.9 Å². The lowest BCUT2D eigenvalue weighted by Gasteiger charge is -2.01. The van der Waals surface area contributed by atoms with Crippen LogP contribution in [0, 0.1) is 0 Å². The van der Waals surface area contributed by atoms with Gasteiger partial charge < -0.3 is 5.11 Å². The summed E-state index contributed by atoms with van der Waals surface area (Å²) in [5.41, 5.74) is 2.48. The van der Waals surface area contributed by atoms with Gasteiger partial charge in [0.05, 0.1) is 0 Å². The SMILES string of the molecule is CCCC/C=C(/C)c1ccc(O)cc1. The maximum atomic E-state index is 9.13. The molecule has 0 saturated heterocycles. The minimum absolute atomic E-state index is 0.329. The van der Waals surface area contributed by atoms with Gasteiger partial charge in [0.1, 0.15) is 5.75 Å². The number of allylic oxidation sites excluding steroid dienone is 2. The molecule has 0 unspecified atom stereocenters. The summed E-state index contributed by atoms with van der Waals surface area (Å²) in [6, 6.07) is 7.36. The second-order valence-corrected chi connectivity index (χ2v) is 3.58. The molecule has 0 amide bonds.